The minimum Gasteiger partial charge on any atom is -0.0949 e. The van der Waals surface area contributed by atoms with E-state index in [0.29, 0.717) is 0 Å². The second-order valence-electron chi connectivity index (χ2n) is 6.84. The van der Waals surface area contributed by atoms with Gasteiger partial charge in [-0.3, -0.25) is 0 Å². The summed E-state index contributed by atoms with van der Waals surface area (Å²) < 4.78 is 0. The van der Waals surface area contributed by atoms with Crippen LogP contribution in [0.15, 0.2) is 127 Å². The van der Waals surface area contributed by atoms with Crippen molar-refractivity contribution in [2.75, 3.05) is 0 Å². The molecule has 0 aliphatic rings. The van der Waals surface area contributed by atoms with Crippen molar-refractivity contribution in [3.05, 3.63) is 132 Å². The predicted octanol–water partition coefficient (Wildman–Crippen LogP) is 8.03. The monoisotopic (exact) mass is 366 g/mol. The number of hydrogen-bond acceptors (Lipinski definition) is 0. The zero-order valence-corrected chi connectivity index (χ0v) is 17.3. The van der Waals surface area contributed by atoms with Crippen molar-refractivity contribution >= 4 is 0 Å². The fourth-order valence-corrected chi connectivity index (χ4v) is 2.90. The molecule has 0 saturated heterocycles. The van der Waals surface area contributed by atoms with E-state index in [1.165, 1.54) is 22.3 Å². The maximum Gasteiger partial charge on any atom is -0.00257 e. The van der Waals surface area contributed by atoms with Crippen molar-refractivity contribution in [3.8, 4) is 11.1 Å². The number of benzene rings is 2. The van der Waals surface area contributed by atoms with Crippen molar-refractivity contribution in [1.29, 1.82) is 0 Å². The lowest BCUT2D eigenvalue weighted by Gasteiger charge is -2.11. The lowest BCUT2D eigenvalue weighted by molar-refractivity contribution is 1.17. The van der Waals surface area contributed by atoms with E-state index in [0.717, 1.165) is 23.1 Å². The molecular formula is C28H30. The van der Waals surface area contributed by atoms with Crippen molar-refractivity contribution in [2.24, 2.45) is 0 Å². The third-order valence-corrected chi connectivity index (χ3v) is 4.64. The molecule has 142 valence electrons. The van der Waals surface area contributed by atoms with Gasteiger partial charge in [0.2, 0.25) is 0 Å². The van der Waals surface area contributed by atoms with Gasteiger partial charge < -0.3 is 0 Å². The molecule has 0 spiro atoms. The lowest BCUT2D eigenvalue weighted by atomic mass is 9.93. The lowest BCUT2D eigenvalue weighted by Crippen LogP contribution is -1.95. The molecule has 0 atom stereocenters. The molecule has 0 unspecified atom stereocenters. The normalized spacial score (nSPS) is 12.7. The maximum atomic E-state index is 4.28. The molecular weight excluding hydrogens is 336 g/mol. The summed E-state index contributed by atoms with van der Waals surface area (Å²) in [4.78, 5) is 0. The molecule has 28 heavy (non-hydrogen) atoms. The quantitative estimate of drug-likeness (QED) is 0.415. The second-order valence-corrected chi connectivity index (χ2v) is 6.84. The van der Waals surface area contributed by atoms with Crippen LogP contribution in [0.1, 0.15) is 26.3 Å². The molecule has 0 bridgehead atoms. The highest BCUT2D eigenvalue weighted by Crippen LogP contribution is 2.24. The summed E-state index contributed by atoms with van der Waals surface area (Å²) in [5.74, 6) is 0. The third kappa shape index (κ3) is 6.25. The first-order valence-electron chi connectivity index (χ1n) is 9.71. The van der Waals surface area contributed by atoms with E-state index in [4.69, 9.17) is 0 Å². The van der Waals surface area contributed by atoms with Gasteiger partial charge in [0.1, 0.15) is 0 Å². The molecule has 0 saturated carbocycles. The maximum absolute atomic E-state index is 4.28. The molecule has 0 heteroatoms. The predicted molar refractivity (Wildman–Crippen MR) is 125 cm³/mol. The topological polar surface area (TPSA) is 0 Å². The van der Waals surface area contributed by atoms with Crippen molar-refractivity contribution in [1.82, 2.24) is 0 Å². The zero-order valence-electron chi connectivity index (χ0n) is 17.3. The molecule has 0 nitrogen and oxygen atoms in total. The SMILES string of the molecule is C=C(Cc1ccc(-c2ccccc2)cc1)C(=C)C(C=CC(C)=CC=CC)=CC. The van der Waals surface area contributed by atoms with Gasteiger partial charge in [0, 0.05) is 0 Å². The fourth-order valence-electron chi connectivity index (χ4n) is 2.90. The summed E-state index contributed by atoms with van der Waals surface area (Å²) in [6.07, 6.45) is 13.3. The van der Waals surface area contributed by atoms with Crippen molar-refractivity contribution in [2.45, 2.75) is 27.2 Å². The molecule has 0 amide bonds. The van der Waals surface area contributed by atoms with Crippen LogP contribution in [0.4, 0.5) is 0 Å². The van der Waals surface area contributed by atoms with Crippen LogP contribution in [0.2, 0.25) is 0 Å². The van der Waals surface area contributed by atoms with E-state index in [2.05, 4.69) is 92.9 Å². The molecule has 0 aliphatic carbocycles. The van der Waals surface area contributed by atoms with Gasteiger partial charge in [-0.15, -0.1) is 0 Å². The molecule has 0 heterocycles. The smallest absolute Gasteiger partial charge is 0.00257 e. The first kappa shape index (κ1) is 21.2. The van der Waals surface area contributed by atoms with E-state index < -0.39 is 0 Å². The van der Waals surface area contributed by atoms with Crippen LogP contribution in [-0.4, -0.2) is 0 Å². The van der Waals surface area contributed by atoms with Crippen LogP contribution < -0.4 is 0 Å². The first-order valence-corrected chi connectivity index (χ1v) is 9.71. The summed E-state index contributed by atoms with van der Waals surface area (Å²) >= 11 is 0. The Kier molecular flexibility index (Phi) is 8.24. The Morgan fingerprint density at radius 1 is 0.857 bits per heavy atom. The van der Waals surface area contributed by atoms with E-state index in [-0.39, 0.29) is 0 Å². The molecule has 0 radical (unpaired) electrons. The number of rotatable bonds is 8. The van der Waals surface area contributed by atoms with E-state index >= 15 is 0 Å². The van der Waals surface area contributed by atoms with Gasteiger partial charge in [-0.2, -0.15) is 0 Å². The second kappa shape index (κ2) is 10.9. The van der Waals surface area contributed by atoms with Gasteiger partial charge >= 0.3 is 0 Å². The average Bonchev–Trinajstić information content (AvgIpc) is 2.73. The summed E-state index contributed by atoms with van der Waals surface area (Å²) in [6, 6.07) is 19.1. The first-order chi connectivity index (χ1) is 13.5. The number of allylic oxidation sites excluding steroid dienone is 10. The molecule has 0 N–H and O–H groups in total. The summed E-state index contributed by atoms with van der Waals surface area (Å²) in [5, 5.41) is 0. The van der Waals surface area contributed by atoms with Crippen molar-refractivity contribution < 1.29 is 0 Å². The van der Waals surface area contributed by atoms with Gasteiger partial charge in [0.25, 0.3) is 0 Å². The molecule has 2 rings (SSSR count). The van der Waals surface area contributed by atoms with Crippen LogP contribution in [0.3, 0.4) is 0 Å². The summed E-state index contributed by atoms with van der Waals surface area (Å²) in [5.41, 5.74) is 8.06. The van der Waals surface area contributed by atoms with Gasteiger partial charge in [-0.1, -0.05) is 110 Å². The zero-order chi connectivity index (χ0) is 20.4. The molecule has 2 aromatic carbocycles. The van der Waals surface area contributed by atoms with Crippen LogP contribution in [0.25, 0.3) is 11.1 Å². The van der Waals surface area contributed by atoms with Crippen LogP contribution in [0.5, 0.6) is 0 Å². The summed E-state index contributed by atoms with van der Waals surface area (Å²) in [6.45, 7) is 14.7. The highest BCUT2D eigenvalue weighted by atomic mass is 14.1. The summed E-state index contributed by atoms with van der Waals surface area (Å²) in [7, 11) is 0. The van der Waals surface area contributed by atoms with Gasteiger partial charge in [-0.25, -0.2) is 0 Å². The largest absolute Gasteiger partial charge is 0.0949 e. The Balaban J connectivity index is 2.04. The number of hydrogen-bond donors (Lipinski definition) is 0. The molecule has 0 aliphatic heterocycles. The van der Waals surface area contributed by atoms with Gasteiger partial charge in [-0.05, 0) is 60.6 Å². The Morgan fingerprint density at radius 3 is 2.11 bits per heavy atom. The van der Waals surface area contributed by atoms with Crippen LogP contribution in [-0.2, 0) is 6.42 Å². The van der Waals surface area contributed by atoms with E-state index in [1.54, 1.807) is 0 Å². The Morgan fingerprint density at radius 2 is 1.50 bits per heavy atom. The molecule has 0 aromatic heterocycles. The average molecular weight is 367 g/mol. The van der Waals surface area contributed by atoms with Crippen LogP contribution in [0, 0.1) is 0 Å². The van der Waals surface area contributed by atoms with E-state index in [1.807, 2.05) is 32.1 Å². The minimum atomic E-state index is 0.798. The third-order valence-electron chi connectivity index (χ3n) is 4.64. The molecule has 0 fully saturated rings. The minimum absolute atomic E-state index is 0.798. The standard InChI is InChI=1S/C28H30/c1-6-8-12-22(3)15-18-26(7-2)24(5)23(4)21-25-16-19-28(20-17-25)27-13-10-9-11-14-27/h6-20H,4-5,21H2,1-3H3. The van der Waals surface area contributed by atoms with Gasteiger partial charge in [0.05, 0.1) is 0 Å². The Hall–Kier alpha value is -3.12. The van der Waals surface area contributed by atoms with E-state index in [9.17, 15) is 0 Å². The highest BCUT2D eigenvalue weighted by molar-refractivity contribution is 5.63. The van der Waals surface area contributed by atoms with Gasteiger partial charge in [0.15, 0.2) is 0 Å². The Bertz CT molecular complexity index is 914. The van der Waals surface area contributed by atoms with Crippen molar-refractivity contribution in [3.63, 3.8) is 0 Å². The molecule has 2 aromatic rings. The Labute approximate surface area is 170 Å². The fraction of sp³-hybridized carbons (Fsp3) is 0.143. The highest BCUT2D eigenvalue weighted by Gasteiger charge is 2.06. The van der Waals surface area contributed by atoms with Crippen LogP contribution >= 0.6 is 0 Å².